The molecule has 1 unspecified atom stereocenters. The second-order valence-corrected chi connectivity index (χ2v) is 5.52. The molecule has 27 heavy (non-hydrogen) atoms. The number of rotatable bonds is 5. The van der Waals surface area contributed by atoms with Gasteiger partial charge in [0.2, 0.25) is 0 Å². The van der Waals surface area contributed by atoms with Gasteiger partial charge in [0, 0.05) is 5.69 Å². The third-order valence-electron chi connectivity index (χ3n) is 3.52. The molecular weight excluding hydrogens is 363 g/mol. The Morgan fingerprint density at radius 2 is 1.63 bits per heavy atom. The van der Waals surface area contributed by atoms with E-state index in [0.717, 1.165) is 0 Å². The molecule has 0 saturated carbocycles. The molecule has 0 aromatic heterocycles. The summed E-state index contributed by atoms with van der Waals surface area (Å²) in [5, 5.41) is 15.5. The minimum Gasteiger partial charge on any atom is -0.378 e. The molecule has 3 N–H and O–H groups in total. The SMILES string of the molecule is CC(=NNC(=O)C(O)c1ccccc1)c1ccc(NC(=O)C(F)(F)F)cc1. The lowest BCUT2D eigenvalue weighted by Crippen LogP contribution is -2.29. The molecule has 0 aliphatic rings. The van der Waals surface area contributed by atoms with Crippen molar-refractivity contribution < 1.29 is 27.9 Å². The topological polar surface area (TPSA) is 90.8 Å². The second-order valence-electron chi connectivity index (χ2n) is 5.52. The summed E-state index contributed by atoms with van der Waals surface area (Å²) in [6, 6.07) is 13.7. The van der Waals surface area contributed by atoms with Gasteiger partial charge in [0.05, 0.1) is 5.71 Å². The molecule has 9 heteroatoms. The fourth-order valence-electron chi connectivity index (χ4n) is 2.05. The van der Waals surface area contributed by atoms with E-state index in [1.54, 1.807) is 42.6 Å². The van der Waals surface area contributed by atoms with Gasteiger partial charge in [-0.1, -0.05) is 42.5 Å². The van der Waals surface area contributed by atoms with Crippen LogP contribution in [0.4, 0.5) is 18.9 Å². The third kappa shape index (κ3) is 5.65. The molecule has 0 bridgehead atoms. The molecule has 142 valence electrons. The average Bonchev–Trinajstić information content (AvgIpc) is 2.65. The first-order chi connectivity index (χ1) is 12.7. The average molecular weight is 379 g/mol. The van der Waals surface area contributed by atoms with Gasteiger partial charge >= 0.3 is 12.1 Å². The van der Waals surface area contributed by atoms with E-state index in [4.69, 9.17) is 0 Å². The summed E-state index contributed by atoms with van der Waals surface area (Å²) in [5.74, 6) is -2.79. The smallest absolute Gasteiger partial charge is 0.378 e. The Morgan fingerprint density at radius 3 is 2.19 bits per heavy atom. The van der Waals surface area contributed by atoms with Crippen molar-refractivity contribution in [3.63, 3.8) is 0 Å². The first-order valence-electron chi connectivity index (χ1n) is 7.74. The lowest BCUT2D eigenvalue weighted by atomic mass is 10.1. The van der Waals surface area contributed by atoms with Crippen LogP contribution in [0.15, 0.2) is 59.7 Å². The predicted octanol–water partition coefficient (Wildman–Crippen LogP) is 2.76. The number of hydrogen-bond acceptors (Lipinski definition) is 4. The van der Waals surface area contributed by atoms with Crippen molar-refractivity contribution in [1.29, 1.82) is 0 Å². The standard InChI is InChI=1S/C18H16F3N3O3/c1-11(23-24-16(26)15(25)13-5-3-2-4-6-13)12-7-9-14(10-8-12)22-17(27)18(19,20)21/h2-10,15,25H,1H3,(H,22,27)(H,24,26). The summed E-state index contributed by atoms with van der Waals surface area (Å²) in [6.07, 6.45) is -6.36. The Hall–Kier alpha value is -3.20. The van der Waals surface area contributed by atoms with Crippen molar-refractivity contribution in [1.82, 2.24) is 5.43 Å². The minimum atomic E-state index is -4.97. The minimum absolute atomic E-state index is 0.0302. The zero-order chi connectivity index (χ0) is 20.0. The van der Waals surface area contributed by atoms with Crippen molar-refractivity contribution in [2.75, 3.05) is 5.32 Å². The number of carbonyl (C=O) groups is 2. The number of hydrazone groups is 1. The van der Waals surface area contributed by atoms with Crippen molar-refractivity contribution >= 4 is 23.2 Å². The van der Waals surface area contributed by atoms with Gasteiger partial charge in [-0.25, -0.2) is 5.43 Å². The van der Waals surface area contributed by atoms with E-state index >= 15 is 0 Å². The van der Waals surface area contributed by atoms with Crippen LogP contribution in [0, 0.1) is 0 Å². The number of amides is 2. The lowest BCUT2D eigenvalue weighted by Gasteiger charge is -2.10. The van der Waals surface area contributed by atoms with E-state index in [0.29, 0.717) is 16.8 Å². The first kappa shape index (κ1) is 20.1. The molecule has 2 aromatic rings. The summed E-state index contributed by atoms with van der Waals surface area (Å²) in [7, 11) is 0. The van der Waals surface area contributed by atoms with Gasteiger partial charge in [-0.2, -0.15) is 18.3 Å². The lowest BCUT2D eigenvalue weighted by molar-refractivity contribution is -0.167. The maximum absolute atomic E-state index is 12.2. The number of nitrogens with one attached hydrogen (secondary N) is 2. The van der Waals surface area contributed by atoms with Gasteiger partial charge in [0.15, 0.2) is 6.10 Å². The number of nitrogens with zero attached hydrogens (tertiary/aromatic N) is 1. The van der Waals surface area contributed by atoms with Crippen molar-refractivity contribution in [2.24, 2.45) is 5.10 Å². The molecule has 0 aliphatic heterocycles. The van der Waals surface area contributed by atoms with Crippen LogP contribution in [0.2, 0.25) is 0 Å². The first-order valence-corrected chi connectivity index (χ1v) is 7.74. The van der Waals surface area contributed by atoms with Crippen LogP contribution >= 0.6 is 0 Å². The monoisotopic (exact) mass is 379 g/mol. The Balaban J connectivity index is 1.99. The van der Waals surface area contributed by atoms with Crippen LogP contribution < -0.4 is 10.7 Å². The Morgan fingerprint density at radius 1 is 1.04 bits per heavy atom. The van der Waals surface area contributed by atoms with Crippen LogP contribution in [-0.2, 0) is 9.59 Å². The molecule has 0 saturated heterocycles. The van der Waals surface area contributed by atoms with Gasteiger partial charge < -0.3 is 10.4 Å². The molecule has 1 atom stereocenters. The Bertz CT molecular complexity index is 834. The quantitative estimate of drug-likeness (QED) is 0.551. The number of carbonyl (C=O) groups excluding carboxylic acids is 2. The number of aliphatic hydroxyl groups excluding tert-OH is 1. The highest BCUT2D eigenvalue weighted by Gasteiger charge is 2.38. The van der Waals surface area contributed by atoms with Gasteiger partial charge in [0.1, 0.15) is 0 Å². The molecule has 0 aliphatic carbocycles. The molecule has 0 radical (unpaired) electrons. The Kier molecular flexibility index (Phi) is 6.30. The van der Waals surface area contributed by atoms with Crippen LogP contribution in [0.5, 0.6) is 0 Å². The number of alkyl halides is 3. The molecular formula is C18H16F3N3O3. The fraction of sp³-hybridized carbons (Fsp3) is 0.167. The van der Waals surface area contributed by atoms with E-state index < -0.39 is 24.1 Å². The number of aliphatic hydroxyl groups is 1. The summed E-state index contributed by atoms with van der Waals surface area (Å²) >= 11 is 0. The van der Waals surface area contributed by atoms with Crippen LogP contribution in [0.3, 0.4) is 0 Å². The van der Waals surface area contributed by atoms with Crippen LogP contribution in [0.25, 0.3) is 0 Å². The summed E-state index contributed by atoms with van der Waals surface area (Å²) < 4.78 is 36.6. The normalized spacial score (nSPS) is 13.0. The highest BCUT2D eigenvalue weighted by atomic mass is 19.4. The molecule has 0 spiro atoms. The zero-order valence-electron chi connectivity index (χ0n) is 14.1. The Labute approximate surface area is 152 Å². The van der Waals surface area contributed by atoms with E-state index in [-0.39, 0.29) is 5.69 Å². The van der Waals surface area contributed by atoms with Gasteiger partial charge in [-0.3, -0.25) is 9.59 Å². The number of halogens is 3. The van der Waals surface area contributed by atoms with Crippen molar-refractivity contribution in [3.05, 3.63) is 65.7 Å². The third-order valence-corrected chi connectivity index (χ3v) is 3.52. The second kappa shape index (κ2) is 8.45. The molecule has 2 amide bonds. The largest absolute Gasteiger partial charge is 0.471 e. The highest BCUT2D eigenvalue weighted by molar-refractivity contribution is 6.00. The summed E-state index contributed by atoms with van der Waals surface area (Å²) in [6.45, 7) is 1.57. The van der Waals surface area contributed by atoms with Crippen molar-refractivity contribution in [2.45, 2.75) is 19.2 Å². The molecule has 0 fully saturated rings. The number of benzene rings is 2. The van der Waals surface area contributed by atoms with E-state index in [9.17, 15) is 27.9 Å². The number of hydrogen-bond donors (Lipinski definition) is 3. The summed E-state index contributed by atoms with van der Waals surface area (Å²) in [4.78, 5) is 22.8. The van der Waals surface area contributed by atoms with Gasteiger partial charge in [-0.15, -0.1) is 0 Å². The van der Waals surface area contributed by atoms with Gasteiger partial charge in [0.25, 0.3) is 5.91 Å². The van der Waals surface area contributed by atoms with Crippen LogP contribution in [0.1, 0.15) is 24.2 Å². The van der Waals surface area contributed by atoms with Crippen LogP contribution in [-0.4, -0.2) is 28.8 Å². The molecule has 0 heterocycles. The highest BCUT2D eigenvalue weighted by Crippen LogP contribution is 2.18. The predicted molar refractivity (Wildman–Crippen MR) is 92.9 cm³/mol. The van der Waals surface area contributed by atoms with E-state index in [2.05, 4.69) is 10.5 Å². The summed E-state index contributed by atoms with van der Waals surface area (Å²) in [5.41, 5.74) is 3.47. The maximum atomic E-state index is 12.2. The van der Waals surface area contributed by atoms with Gasteiger partial charge in [-0.05, 0) is 30.2 Å². The maximum Gasteiger partial charge on any atom is 0.471 e. The molecule has 2 aromatic carbocycles. The van der Waals surface area contributed by atoms with Crippen molar-refractivity contribution in [3.8, 4) is 0 Å². The van der Waals surface area contributed by atoms with E-state index in [1.165, 1.54) is 24.3 Å². The zero-order valence-corrected chi connectivity index (χ0v) is 14.1. The fourth-order valence-corrected chi connectivity index (χ4v) is 2.05. The van der Waals surface area contributed by atoms with E-state index in [1.807, 2.05) is 0 Å². The molecule has 2 rings (SSSR count). The number of anilines is 1. The molecule has 6 nitrogen and oxygen atoms in total.